The van der Waals surface area contributed by atoms with Crippen molar-refractivity contribution in [3.63, 3.8) is 0 Å². The zero-order valence-corrected chi connectivity index (χ0v) is 14.2. The van der Waals surface area contributed by atoms with Crippen molar-refractivity contribution in [2.24, 2.45) is 0 Å². The number of para-hydroxylation sites is 1. The smallest absolute Gasteiger partial charge is 0.252 e. The van der Waals surface area contributed by atoms with Crippen LogP contribution in [-0.2, 0) is 0 Å². The van der Waals surface area contributed by atoms with Gasteiger partial charge in [-0.2, -0.15) is 0 Å². The monoisotopic (exact) mass is 318 g/mol. The summed E-state index contributed by atoms with van der Waals surface area (Å²) in [6.07, 6.45) is 2.05. The van der Waals surface area contributed by atoms with E-state index in [0.29, 0.717) is 6.54 Å². The number of rotatable bonds is 5. The van der Waals surface area contributed by atoms with Crippen LogP contribution in [0.1, 0.15) is 35.7 Å². The van der Waals surface area contributed by atoms with Crippen LogP contribution in [0.3, 0.4) is 0 Å². The van der Waals surface area contributed by atoms with Gasteiger partial charge in [0.1, 0.15) is 0 Å². The molecule has 3 heteroatoms. The summed E-state index contributed by atoms with van der Waals surface area (Å²) in [5.41, 5.74) is 4.41. The van der Waals surface area contributed by atoms with E-state index in [1.807, 2.05) is 61.5 Å². The zero-order chi connectivity index (χ0) is 16.9. The van der Waals surface area contributed by atoms with Crippen LogP contribution in [0, 0.1) is 6.92 Å². The highest BCUT2D eigenvalue weighted by atomic mass is 16.1. The Balaban J connectivity index is 2.15. The molecule has 0 unspecified atom stereocenters. The van der Waals surface area contributed by atoms with Crippen LogP contribution in [0.5, 0.6) is 0 Å². The van der Waals surface area contributed by atoms with E-state index < -0.39 is 0 Å². The first-order valence-corrected chi connectivity index (χ1v) is 8.45. The molecule has 3 aromatic rings. The van der Waals surface area contributed by atoms with Crippen LogP contribution in [0.2, 0.25) is 0 Å². The summed E-state index contributed by atoms with van der Waals surface area (Å²) in [4.78, 5) is 17.6. The van der Waals surface area contributed by atoms with Gasteiger partial charge in [-0.1, -0.05) is 61.9 Å². The third-order valence-corrected chi connectivity index (χ3v) is 4.23. The molecule has 3 nitrogen and oxygen atoms in total. The van der Waals surface area contributed by atoms with Gasteiger partial charge in [-0.25, -0.2) is 4.98 Å². The van der Waals surface area contributed by atoms with Crippen LogP contribution >= 0.6 is 0 Å². The van der Waals surface area contributed by atoms with Gasteiger partial charge in [-0.3, -0.25) is 4.79 Å². The van der Waals surface area contributed by atoms with Gasteiger partial charge in [0.25, 0.3) is 5.91 Å². The topological polar surface area (TPSA) is 42.0 Å². The Labute approximate surface area is 142 Å². The lowest BCUT2D eigenvalue weighted by Gasteiger charge is -2.14. The highest BCUT2D eigenvalue weighted by Crippen LogP contribution is 2.29. The van der Waals surface area contributed by atoms with E-state index in [-0.39, 0.29) is 5.91 Å². The molecule has 1 aromatic heterocycles. The molecule has 3 rings (SSSR count). The summed E-state index contributed by atoms with van der Waals surface area (Å²) in [5.74, 6) is -0.0169. The SMILES string of the molecule is CCCCNC(=O)c1c(C)c(-c2ccccc2)nc2ccccc12. The lowest BCUT2D eigenvalue weighted by Crippen LogP contribution is -2.25. The molecule has 0 aliphatic heterocycles. The van der Waals surface area contributed by atoms with Gasteiger partial charge >= 0.3 is 0 Å². The molecule has 0 radical (unpaired) electrons. The fraction of sp³-hybridized carbons (Fsp3) is 0.238. The number of carbonyl (C=O) groups is 1. The van der Waals surface area contributed by atoms with Crippen molar-refractivity contribution in [1.29, 1.82) is 0 Å². The fourth-order valence-corrected chi connectivity index (χ4v) is 2.94. The summed E-state index contributed by atoms with van der Waals surface area (Å²) >= 11 is 0. The highest BCUT2D eigenvalue weighted by molar-refractivity contribution is 6.08. The molecule has 2 aromatic carbocycles. The van der Waals surface area contributed by atoms with Gasteiger partial charge < -0.3 is 5.32 Å². The first kappa shape index (κ1) is 16.2. The third-order valence-electron chi connectivity index (χ3n) is 4.23. The number of amides is 1. The molecule has 0 saturated heterocycles. The molecule has 24 heavy (non-hydrogen) atoms. The zero-order valence-electron chi connectivity index (χ0n) is 14.2. The summed E-state index contributed by atoms with van der Waals surface area (Å²) in [5, 5.41) is 3.95. The van der Waals surface area contributed by atoms with Gasteiger partial charge in [-0.05, 0) is 25.0 Å². The molecule has 1 heterocycles. The Morgan fingerprint density at radius 2 is 1.75 bits per heavy atom. The largest absolute Gasteiger partial charge is 0.352 e. The second kappa shape index (κ2) is 7.26. The van der Waals surface area contributed by atoms with E-state index in [9.17, 15) is 4.79 Å². The summed E-state index contributed by atoms with van der Waals surface area (Å²) in [7, 11) is 0. The number of nitrogens with one attached hydrogen (secondary N) is 1. The molecule has 122 valence electrons. The van der Waals surface area contributed by atoms with E-state index in [2.05, 4.69) is 12.2 Å². The standard InChI is InChI=1S/C21H22N2O/c1-3-4-14-22-21(24)19-15(2)20(16-10-6-5-7-11-16)23-18-13-9-8-12-17(18)19/h5-13H,3-4,14H2,1-2H3,(H,22,24). The average Bonchev–Trinajstić information content (AvgIpc) is 2.62. The number of benzene rings is 2. The molecule has 1 amide bonds. The molecule has 1 N–H and O–H groups in total. The number of fused-ring (bicyclic) bond motifs is 1. The molecule has 0 spiro atoms. The predicted octanol–water partition coefficient (Wildman–Crippen LogP) is 4.74. The fourth-order valence-electron chi connectivity index (χ4n) is 2.94. The number of unbranched alkanes of at least 4 members (excludes halogenated alkanes) is 1. The first-order chi connectivity index (χ1) is 11.7. The van der Waals surface area contributed by atoms with Crippen molar-refractivity contribution in [2.75, 3.05) is 6.54 Å². The molecule has 0 bridgehead atoms. The number of carbonyl (C=O) groups excluding carboxylic acids is 1. The minimum atomic E-state index is -0.0169. The van der Waals surface area contributed by atoms with Gasteiger partial charge in [-0.15, -0.1) is 0 Å². The van der Waals surface area contributed by atoms with Crippen molar-refractivity contribution in [3.8, 4) is 11.3 Å². The summed E-state index contributed by atoms with van der Waals surface area (Å²) in [6.45, 7) is 4.80. The Bertz CT molecular complexity index is 856. The molecule has 0 atom stereocenters. The van der Waals surface area contributed by atoms with E-state index >= 15 is 0 Å². The predicted molar refractivity (Wildman–Crippen MR) is 99.2 cm³/mol. The lowest BCUT2D eigenvalue weighted by atomic mass is 9.97. The van der Waals surface area contributed by atoms with Crippen LogP contribution in [0.4, 0.5) is 0 Å². The number of nitrogens with zero attached hydrogens (tertiary/aromatic N) is 1. The highest BCUT2D eigenvalue weighted by Gasteiger charge is 2.18. The normalized spacial score (nSPS) is 10.8. The van der Waals surface area contributed by atoms with Crippen LogP contribution < -0.4 is 5.32 Å². The minimum Gasteiger partial charge on any atom is -0.352 e. The van der Waals surface area contributed by atoms with Crippen molar-refractivity contribution in [1.82, 2.24) is 10.3 Å². The van der Waals surface area contributed by atoms with Crippen molar-refractivity contribution in [2.45, 2.75) is 26.7 Å². The number of hydrogen-bond acceptors (Lipinski definition) is 2. The van der Waals surface area contributed by atoms with E-state index in [1.165, 1.54) is 0 Å². The van der Waals surface area contributed by atoms with E-state index in [4.69, 9.17) is 4.98 Å². The van der Waals surface area contributed by atoms with Crippen LogP contribution in [-0.4, -0.2) is 17.4 Å². The first-order valence-electron chi connectivity index (χ1n) is 8.45. The lowest BCUT2D eigenvalue weighted by molar-refractivity contribution is 0.0954. The van der Waals surface area contributed by atoms with Gasteiger partial charge in [0.05, 0.1) is 16.8 Å². The Morgan fingerprint density at radius 1 is 1.04 bits per heavy atom. The summed E-state index contributed by atoms with van der Waals surface area (Å²) < 4.78 is 0. The van der Waals surface area contributed by atoms with Gasteiger partial charge in [0.2, 0.25) is 0 Å². The summed E-state index contributed by atoms with van der Waals surface area (Å²) in [6, 6.07) is 17.9. The molecule has 0 aliphatic carbocycles. The number of aromatic nitrogens is 1. The van der Waals surface area contributed by atoms with Crippen LogP contribution in [0.25, 0.3) is 22.2 Å². The Hall–Kier alpha value is -2.68. The molecule has 0 fully saturated rings. The maximum atomic E-state index is 12.8. The average molecular weight is 318 g/mol. The third kappa shape index (κ3) is 3.16. The quantitative estimate of drug-likeness (QED) is 0.690. The number of hydrogen-bond donors (Lipinski definition) is 1. The van der Waals surface area contributed by atoms with Gasteiger partial charge in [0.15, 0.2) is 0 Å². The molecular formula is C21H22N2O. The maximum Gasteiger partial charge on any atom is 0.252 e. The van der Waals surface area contributed by atoms with Crippen molar-refractivity contribution < 1.29 is 4.79 Å². The number of pyridine rings is 1. The molecule has 0 saturated carbocycles. The van der Waals surface area contributed by atoms with E-state index in [0.717, 1.165) is 46.1 Å². The second-order valence-electron chi connectivity index (χ2n) is 5.95. The Kier molecular flexibility index (Phi) is 4.90. The van der Waals surface area contributed by atoms with Crippen molar-refractivity contribution in [3.05, 3.63) is 65.7 Å². The molecular weight excluding hydrogens is 296 g/mol. The van der Waals surface area contributed by atoms with Crippen molar-refractivity contribution >= 4 is 16.8 Å². The van der Waals surface area contributed by atoms with Gasteiger partial charge in [0, 0.05) is 17.5 Å². The molecule has 0 aliphatic rings. The minimum absolute atomic E-state index is 0.0169. The second-order valence-corrected chi connectivity index (χ2v) is 5.95. The van der Waals surface area contributed by atoms with E-state index in [1.54, 1.807) is 0 Å². The van der Waals surface area contributed by atoms with Crippen LogP contribution in [0.15, 0.2) is 54.6 Å². The maximum absolute atomic E-state index is 12.8. The Morgan fingerprint density at radius 3 is 2.50 bits per heavy atom.